The van der Waals surface area contributed by atoms with Crippen molar-refractivity contribution in [2.24, 2.45) is 11.8 Å². The molecule has 2 atom stereocenters. The van der Waals surface area contributed by atoms with Gasteiger partial charge in [0, 0.05) is 6.54 Å². The first kappa shape index (κ1) is 20.7. The van der Waals surface area contributed by atoms with E-state index >= 15 is 0 Å². The smallest absolute Gasteiger partial charge is 0.307 e. The molecule has 0 radical (unpaired) electrons. The molecular formula is C23H27NO5. The molecule has 1 saturated carbocycles. The van der Waals surface area contributed by atoms with Crippen LogP contribution < -0.4 is 14.8 Å². The summed E-state index contributed by atoms with van der Waals surface area (Å²) >= 11 is 0. The summed E-state index contributed by atoms with van der Waals surface area (Å²) in [5.74, 6) is -0.582. The highest BCUT2D eigenvalue weighted by atomic mass is 16.5. The van der Waals surface area contributed by atoms with E-state index in [-0.39, 0.29) is 5.91 Å². The molecule has 2 aromatic rings. The van der Waals surface area contributed by atoms with Crippen molar-refractivity contribution >= 4 is 11.9 Å². The average molecular weight is 397 g/mol. The van der Waals surface area contributed by atoms with Crippen LogP contribution in [0, 0.1) is 11.8 Å². The third kappa shape index (κ3) is 6.24. The summed E-state index contributed by atoms with van der Waals surface area (Å²) in [4.78, 5) is 23.9. The van der Waals surface area contributed by atoms with E-state index in [9.17, 15) is 14.7 Å². The molecule has 6 heteroatoms. The SMILES string of the molecule is O=C(O)C1CCCCC1C(=O)NCc1cccc(OCCOc2ccccc2)c1. The second-order valence-corrected chi connectivity index (χ2v) is 7.21. The molecule has 29 heavy (non-hydrogen) atoms. The predicted octanol–water partition coefficient (Wildman–Crippen LogP) is 3.65. The van der Waals surface area contributed by atoms with Gasteiger partial charge in [-0.2, -0.15) is 0 Å². The van der Waals surface area contributed by atoms with E-state index in [0.717, 1.165) is 24.2 Å². The minimum absolute atomic E-state index is 0.181. The number of benzene rings is 2. The third-order valence-corrected chi connectivity index (χ3v) is 5.15. The number of para-hydroxylation sites is 1. The lowest BCUT2D eigenvalue weighted by atomic mass is 9.78. The first-order valence-corrected chi connectivity index (χ1v) is 10.0. The van der Waals surface area contributed by atoms with Gasteiger partial charge in [-0.3, -0.25) is 9.59 Å². The second-order valence-electron chi connectivity index (χ2n) is 7.21. The van der Waals surface area contributed by atoms with Crippen LogP contribution in [-0.2, 0) is 16.1 Å². The Bertz CT molecular complexity index is 808. The Labute approximate surface area is 170 Å². The van der Waals surface area contributed by atoms with Gasteiger partial charge in [0.2, 0.25) is 5.91 Å². The van der Waals surface area contributed by atoms with Crippen LogP contribution >= 0.6 is 0 Å². The summed E-state index contributed by atoms with van der Waals surface area (Å²) in [7, 11) is 0. The Morgan fingerprint density at radius 2 is 1.55 bits per heavy atom. The van der Waals surface area contributed by atoms with Gasteiger partial charge in [0.1, 0.15) is 24.7 Å². The Morgan fingerprint density at radius 1 is 0.897 bits per heavy atom. The molecule has 0 aromatic heterocycles. The van der Waals surface area contributed by atoms with Gasteiger partial charge in [-0.15, -0.1) is 0 Å². The molecule has 1 fully saturated rings. The van der Waals surface area contributed by atoms with Crippen molar-refractivity contribution in [3.8, 4) is 11.5 Å². The zero-order valence-corrected chi connectivity index (χ0v) is 16.4. The largest absolute Gasteiger partial charge is 0.490 e. The van der Waals surface area contributed by atoms with Crippen LogP contribution in [0.1, 0.15) is 31.2 Å². The Kier molecular flexibility index (Phi) is 7.50. The number of aliphatic carboxylic acids is 1. The first-order valence-electron chi connectivity index (χ1n) is 10.0. The molecule has 2 aromatic carbocycles. The standard InChI is InChI=1S/C23H27NO5/c25-22(20-11-4-5-12-21(20)23(26)27)24-16-17-7-6-10-19(15-17)29-14-13-28-18-8-2-1-3-9-18/h1-3,6-10,15,20-21H,4-5,11-14,16H2,(H,24,25)(H,26,27). The topological polar surface area (TPSA) is 84.9 Å². The number of hydrogen-bond acceptors (Lipinski definition) is 4. The number of amides is 1. The zero-order chi connectivity index (χ0) is 20.5. The number of ether oxygens (including phenoxy) is 2. The molecule has 1 amide bonds. The fourth-order valence-corrected chi connectivity index (χ4v) is 3.64. The number of rotatable bonds is 9. The lowest BCUT2D eigenvalue weighted by molar-refractivity contribution is -0.148. The zero-order valence-electron chi connectivity index (χ0n) is 16.4. The Morgan fingerprint density at radius 3 is 2.28 bits per heavy atom. The number of carbonyl (C=O) groups excluding carboxylic acids is 1. The number of carboxylic acids is 1. The minimum Gasteiger partial charge on any atom is -0.490 e. The highest BCUT2D eigenvalue weighted by molar-refractivity contribution is 5.84. The van der Waals surface area contributed by atoms with Crippen LogP contribution in [0.4, 0.5) is 0 Å². The van der Waals surface area contributed by atoms with Crippen molar-refractivity contribution in [1.82, 2.24) is 5.32 Å². The van der Waals surface area contributed by atoms with Gasteiger partial charge in [0.05, 0.1) is 11.8 Å². The second kappa shape index (κ2) is 10.5. The van der Waals surface area contributed by atoms with Gasteiger partial charge in [0.15, 0.2) is 0 Å². The van der Waals surface area contributed by atoms with Crippen molar-refractivity contribution in [3.63, 3.8) is 0 Å². The molecular weight excluding hydrogens is 370 g/mol. The van der Waals surface area contributed by atoms with Crippen LogP contribution in [0.25, 0.3) is 0 Å². The molecule has 6 nitrogen and oxygen atoms in total. The third-order valence-electron chi connectivity index (χ3n) is 5.15. The highest BCUT2D eigenvalue weighted by Gasteiger charge is 2.35. The lowest BCUT2D eigenvalue weighted by Crippen LogP contribution is -2.39. The maximum Gasteiger partial charge on any atom is 0.307 e. The van der Waals surface area contributed by atoms with E-state index < -0.39 is 17.8 Å². The van der Waals surface area contributed by atoms with Crippen molar-refractivity contribution in [2.45, 2.75) is 32.2 Å². The molecule has 1 aliphatic rings. The molecule has 2 N–H and O–H groups in total. The van der Waals surface area contributed by atoms with E-state index in [4.69, 9.17) is 9.47 Å². The van der Waals surface area contributed by atoms with Crippen LogP contribution in [0.5, 0.6) is 11.5 Å². The molecule has 0 saturated heterocycles. The summed E-state index contributed by atoms with van der Waals surface area (Å²) in [6.45, 7) is 1.19. The van der Waals surface area contributed by atoms with E-state index in [0.29, 0.717) is 38.3 Å². The molecule has 0 heterocycles. The molecule has 1 aliphatic carbocycles. The molecule has 3 rings (SSSR count). The van der Waals surface area contributed by atoms with Crippen LogP contribution in [0.2, 0.25) is 0 Å². The van der Waals surface area contributed by atoms with E-state index in [1.54, 1.807) is 0 Å². The summed E-state index contributed by atoms with van der Waals surface area (Å²) in [6.07, 6.45) is 2.97. The van der Waals surface area contributed by atoms with E-state index in [1.807, 2.05) is 54.6 Å². The van der Waals surface area contributed by atoms with Crippen LogP contribution in [0.3, 0.4) is 0 Å². The average Bonchev–Trinajstić information content (AvgIpc) is 2.76. The predicted molar refractivity (Wildman–Crippen MR) is 109 cm³/mol. The van der Waals surface area contributed by atoms with E-state index in [2.05, 4.69) is 5.32 Å². The van der Waals surface area contributed by atoms with Crippen molar-refractivity contribution in [3.05, 3.63) is 60.2 Å². The van der Waals surface area contributed by atoms with E-state index in [1.165, 1.54) is 0 Å². The van der Waals surface area contributed by atoms with Gasteiger partial charge >= 0.3 is 5.97 Å². The van der Waals surface area contributed by atoms with Gasteiger partial charge in [-0.25, -0.2) is 0 Å². The summed E-state index contributed by atoms with van der Waals surface area (Å²) in [6, 6.07) is 17.1. The lowest BCUT2D eigenvalue weighted by Gasteiger charge is -2.27. The van der Waals surface area contributed by atoms with Gasteiger partial charge in [-0.1, -0.05) is 43.2 Å². The summed E-state index contributed by atoms with van der Waals surface area (Å²) < 4.78 is 11.3. The first-order chi connectivity index (χ1) is 14.1. The summed E-state index contributed by atoms with van der Waals surface area (Å²) in [5, 5.41) is 12.2. The quantitative estimate of drug-likeness (QED) is 0.631. The highest BCUT2D eigenvalue weighted by Crippen LogP contribution is 2.30. The number of carboxylic acid groups (broad SMARTS) is 1. The number of carbonyl (C=O) groups is 2. The van der Waals surface area contributed by atoms with Crippen molar-refractivity contribution < 1.29 is 24.2 Å². The Hall–Kier alpha value is -3.02. The fourth-order valence-electron chi connectivity index (χ4n) is 3.64. The maximum atomic E-state index is 12.5. The van der Waals surface area contributed by atoms with Crippen molar-refractivity contribution in [1.29, 1.82) is 0 Å². The van der Waals surface area contributed by atoms with Gasteiger partial charge in [0.25, 0.3) is 0 Å². The number of hydrogen-bond donors (Lipinski definition) is 2. The molecule has 0 spiro atoms. The maximum absolute atomic E-state index is 12.5. The fraction of sp³-hybridized carbons (Fsp3) is 0.391. The molecule has 2 unspecified atom stereocenters. The normalized spacial score (nSPS) is 18.6. The van der Waals surface area contributed by atoms with Crippen LogP contribution in [-0.4, -0.2) is 30.2 Å². The summed E-state index contributed by atoms with van der Waals surface area (Å²) in [5.41, 5.74) is 0.905. The van der Waals surface area contributed by atoms with Crippen LogP contribution in [0.15, 0.2) is 54.6 Å². The minimum atomic E-state index is -0.877. The number of nitrogens with one attached hydrogen (secondary N) is 1. The van der Waals surface area contributed by atoms with Crippen molar-refractivity contribution in [2.75, 3.05) is 13.2 Å². The Balaban J connectivity index is 1.45. The molecule has 0 aliphatic heterocycles. The monoisotopic (exact) mass is 397 g/mol. The molecule has 154 valence electrons. The molecule has 0 bridgehead atoms. The van der Waals surface area contributed by atoms with Gasteiger partial charge < -0.3 is 19.9 Å². The van der Waals surface area contributed by atoms with Gasteiger partial charge in [-0.05, 0) is 42.7 Å².